The second kappa shape index (κ2) is 11.9. The Morgan fingerprint density at radius 3 is 2.65 bits per heavy atom. The largest absolute Gasteiger partial charge is 0.480 e. The van der Waals surface area contributed by atoms with Crippen molar-refractivity contribution in [2.75, 3.05) is 70.7 Å². The fourth-order valence-corrected chi connectivity index (χ4v) is 4.20. The minimum absolute atomic E-state index is 0.0655. The maximum Gasteiger partial charge on any atom is 0.293 e. The minimum Gasteiger partial charge on any atom is -0.480 e. The number of piperazine rings is 1. The molecule has 198 valence electrons. The normalized spacial score (nSPS) is 14.4. The first-order chi connectivity index (χ1) is 17.7. The van der Waals surface area contributed by atoms with Crippen LogP contribution in [0.1, 0.15) is 13.3 Å². The summed E-state index contributed by atoms with van der Waals surface area (Å²) in [4.78, 5) is 40.5. The highest BCUT2D eigenvalue weighted by atomic mass is 35.5. The van der Waals surface area contributed by atoms with Crippen LogP contribution in [0.4, 0.5) is 17.5 Å². The van der Waals surface area contributed by atoms with Crippen molar-refractivity contribution in [1.82, 2.24) is 24.3 Å². The molecule has 0 bridgehead atoms. The number of halogens is 1. The molecule has 0 atom stereocenters. The van der Waals surface area contributed by atoms with E-state index in [1.165, 1.54) is 0 Å². The van der Waals surface area contributed by atoms with Crippen molar-refractivity contribution in [2.45, 2.75) is 19.9 Å². The van der Waals surface area contributed by atoms with Crippen LogP contribution in [0.15, 0.2) is 35.3 Å². The van der Waals surface area contributed by atoms with E-state index in [0.29, 0.717) is 36.3 Å². The van der Waals surface area contributed by atoms with Crippen LogP contribution in [-0.4, -0.2) is 90.6 Å². The molecular formula is C26H34ClN7O3. The first-order valence-electron chi connectivity index (χ1n) is 12.4. The Kier molecular flexibility index (Phi) is 8.63. The number of fused-ring (bicyclic) bond motifs is 1. The predicted molar refractivity (Wildman–Crippen MR) is 148 cm³/mol. The molecule has 0 amide bonds. The molecule has 3 heterocycles. The van der Waals surface area contributed by atoms with Gasteiger partial charge in [-0.25, -0.2) is 4.98 Å². The lowest BCUT2D eigenvalue weighted by Gasteiger charge is -2.32. The lowest BCUT2D eigenvalue weighted by molar-refractivity contribution is -0.120. The molecule has 1 N–H and O–H groups in total. The lowest BCUT2D eigenvalue weighted by Crippen LogP contribution is -2.45. The van der Waals surface area contributed by atoms with Crippen LogP contribution < -0.4 is 20.5 Å². The summed E-state index contributed by atoms with van der Waals surface area (Å²) in [5.74, 6) is 1.23. The number of nitrogens with zero attached hydrogens (tertiary/aromatic N) is 6. The standard InChI is InChI=1S/C26H34ClN7O3/c1-5-20(35)17-37-23-15-18-14-19(6-7-22(18)34(25(23)36)13-8-31(2)3)29-24-21(27)16-28-26(30-24)33-11-9-32(4)10-12-33/h6-7,14-16H,5,8-13,17H2,1-4H3,(H,28,29,30). The minimum atomic E-state index is -0.255. The van der Waals surface area contributed by atoms with Gasteiger partial charge in [-0.1, -0.05) is 18.5 Å². The Bertz CT molecular complexity index is 1320. The van der Waals surface area contributed by atoms with E-state index in [2.05, 4.69) is 32.1 Å². The number of anilines is 3. The Hall–Kier alpha value is -3.21. The van der Waals surface area contributed by atoms with Crippen LogP contribution in [0.25, 0.3) is 10.9 Å². The molecule has 1 aliphatic heterocycles. The summed E-state index contributed by atoms with van der Waals surface area (Å²) in [5.41, 5.74) is 1.28. The maximum atomic E-state index is 13.2. The van der Waals surface area contributed by atoms with Crippen molar-refractivity contribution in [3.63, 3.8) is 0 Å². The van der Waals surface area contributed by atoms with Crippen molar-refractivity contribution in [2.24, 2.45) is 0 Å². The molecule has 4 rings (SSSR count). The van der Waals surface area contributed by atoms with Gasteiger partial charge in [-0.15, -0.1) is 0 Å². The van der Waals surface area contributed by atoms with Crippen LogP contribution in [-0.2, 0) is 11.3 Å². The van der Waals surface area contributed by atoms with Gasteiger partial charge in [-0.3, -0.25) is 9.59 Å². The molecule has 0 unspecified atom stereocenters. The van der Waals surface area contributed by atoms with Crippen molar-refractivity contribution >= 4 is 45.7 Å². The quantitative estimate of drug-likeness (QED) is 0.427. The molecule has 0 spiro atoms. The van der Waals surface area contributed by atoms with E-state index in [1.54, 1.807) is 23.8 Å². The molecule has 1 saturated heterocycles. The third kappa shape index (κ3) is 6.57. The summed E-state index contributed by atoms with van der Waals surface area (Å²) < 4.78 is 7.33. The topological polar surface area (TPSA) is 95.8 Å². The smallest absolute Gasteiger partial charge is 0.293 e. The van der Waals surface area contributed by atoms with Crippen molar-refractivity contribution in [3.05, 3.63) is 45.8 Å². The molecule has 1 fully saturated rings. The van der Waals surface area contributed by atoms with Gasteiger partial charge in [0.15, 0.2) is 17.4 Å². The van der Waals surface area contributed by atoms with Crippen LogP contribution in [0.5, 0.6) is 5.75 Å². The Morgan fingerprint density at radius 1 is 1.19 bits per heavy atom. The van der Waals surface area contributed by atoms with Crippen LogP contribution in [0, 0.1) is 0 Å². The molecule has 0 aliphatic carbocycles. The molecule has 3 aromatic rings. The third-order valence-corrected chi connectivity index (χ3v) is 6.67. The number of nitrogens with one attached hydrogen (secondary N) is 1. The van der Waals surface area contributed by atoms with Gasteiger partial charge in [0.2, 0.25) is 5.95 Å². The zero-order chi connectivity index (χ0) is 26.5. The second-order valence-corrected chi connectivity index (χ2v) is 9.91. The van der Waals surface area contributed by atoms with E-state index in [9.17, 15) is 9.59 Å². The SMILES string of the molecule is CCC(=O)COc1cc2cc(Nc3nc(N4CCN(C)CC4)ncc3Cl)ccc2n(CCN(C)C)c1=O. The number of hydrogen-bond acceptors (Lipinski definition) is 9. The van der Waals surface area contributed by atoms with Gasteiger partial charge < -0.3 is 29.3 Å². The van der Waals surface area contributed by atoms with E-state index >= 15 is 0 Å². The summed E-state index contributed by atoms with van der Waals surface area (Å²) >= 11 is 6.44. The van der Waals surface area contributed by atoms with E-state index in [1.807, 2.05) is 37.2 Å². The van der Waals surface area contributed by atoms with Crippen molar-refractivity contribution < 1.29 is 9.53 Å². The third-order valence-electron chi connectivity index (χ3n) is 6.39. The molecule has 2 aromatic heterocycles. The highest BCUT2D eigenvalue weighted by Gasteiger charge is 2.18. The highest BCUT2D eigenvalue weighted by molar-refractivity contribution is 6.32. The number of carbonyl (C=O) groups is 1. The van der Waals surface area contributed by atoms with Gasteiger partial charge in [0, 0.05) is 56.8 Å². The van der Waals surface area contributed by atoms with Crippen molar-refractivity contribution in [1.29, 1.82) is 0 Å². The first-order valence-corrected chi connectivity index (χ1v) is 12.8. The van der Waals surface area contributed by atoms with Crippen LogP contribution >= 0.6 is 11.6 Å². The molecule has 11 heteroatoms. The maximum absolute atomic E-state index is 13.2. The zero-order valence-electron chi connectivity index (χ0n) is 21.8. The average Bonchev–Trinajstić information content (AvgIpc) is 2.88. The summed E-state index contributed by atoms with van der Waals surface area (Å²) in [6.07, 6.45) is 1.97. The van der Waals surface area contributed by atoms with Gasteiger partial charge in [0.25, 0.3) is 5.56 Å². The van der Waals surface area contributed by atoms with E-state index in [-0.39, 0.29) is 23.7 Å². The van der Waals surface area contributed by atoms with Gasteiger partial charge in [-0.2, -0.15) is 4.98 Å². The number of ether oxygens (including phenoxy) is 1. The van der Waals surface area contributed by atoms with E-state index < -0.39 is 0 Å². The van der Waals surface area contributed by atoms with Gasteiger partial charge >= 0.3 is 0 Å². The van der Waals surface area contributed by atoms with E-state index in [0.717, 1.165) is 42.8 Å². The number of rotatable bonds is 10. The second-order valence-electron chi connectivity index (χ2n) is 9.51. The molecule has 1 aliphatic rings. The lowest BCUT2D eigenvalue weighted by atomic mass is 10.1. The van der Waals surface area contributed by atoms with E-state index in [4.69, 9.17) is 16.3 Å². The summed E-state index contributed by atoms with van der Waals surface area (Å²) in [6, 6.07) is 7.40. The fourth-order valence-electron chi connectivity index (χ4n) is 4.07. The van der Waals surface area contributed by atoms with Crippen molar-refractivity contribution in [3.8, 4) is 5.75 Å². The molecule has 1 aromatic carbocycles. The number of hydrogen-bond donors (Lipinski definition) is 1. The predicted octanol–water partition coefficient (Wildman–Crippen LogP) is 2.86. The fraction of sp³-hybridized carbons (Fsp3) is 0.462. The molecule has 0 saturated carbocycles. The Labute approximate surface area is 221 Å². The van der Waals surface area contributed by atoms with Crippen LogP contribution in [0.2, 0.25) is 5.02 Å². The Morgan fingerprint density at radius 2 is 1.95 bits per heavy atom. The van der Waals surface area contributed by atoms with Crippen LogP contribution in [0.3, 0.4) is 0 Å². The average molecular weight is 528 g/mol. The van der Waals surface area contributed by atoms with Gasteiger partial charge in [0.05, 0.1) is 11.7 Å². The summed E-state index contributed by atoms with van der Waals surface area (Å²) in [6.45, 7) is 6.40. The monoisotopic (exact) mass is 527 g/mol. The number of carbonyl (C=O) groups excluding carboxylic acids is 1. The summed E-state index contributed by atoms with van der Waals surface area (Å²) in [7, 11) is 6.01. The first kappa shape index (κ1) is 26.8. The highest BCUT2D eigenvalue weighted by Crippen LogP contribution is 2.28. The number of aromatic nitrogens is 3. The number of pyridine rings is 1. The van der Waals surface area contributed by atoms with Gasteiger partial charge in [0.1, 0.15) is 11.6 Å². The number of likely N-dealkylation sites (N-methyl/N-ethyl adjacent to an activating group) is 2. The number of benzene rings is 1. The molecule has 10 nitrogen and oxygen atoms in total. The molecular weight excluding hydrogens is 494 g/mol. The molecule has 37 heavy (non-hydrogen) atoms. The number of ketones is 1. The zero-order valence-corrected chi connectivity index (χ0v) is 22.6. The molecule has 0 radical (unpaired) electrons. The Balaban J connectivity index is 1.66. The summed E-state index contributed by atoms with van der Waals surface area (Å²) in [5, 5.41) is 4.52. The number of Topliss-reactive ketones (excluding diaryl/α,β-unsaturated/α-hetero) is 1. The van der Waals surface area contributed by atoms with Gasteiger partial charge in [-0.05, 0) is 45.4 Å².